The van der Waals surface area contributed by atoms with E-state index in [9.17, 15) is 4.79 Å². The first kappa shape index (κ1) is 18.0. The SMILES string of the molecule is CC1(C)OB(c2cc(-c3ccc4ccccc4c3)ccc2C=O)OC1(C)C. The topological polar surface area (TPSA) is 35.5 Å². The lowest BCUT2D eigenvalue weighted by molar-refractivity contribution is 0.00578. The molecule has 136 valence electrons. The molecule has 0 unspecified atom stereocenters. The van der Waals surface area contributed by atoms with Crippen LogP contribution in [0.2, 0.25) is 0 Å². The van der Waals surface area contributed by atoms with Crippen molar-refractivity contribution in [2.24, 2.45) is 0 Å². The first-order valence-electron chi connectivity index (χ1n) is 9.25. The van der Waals surface area contributed by atoms with Gasteiger partial charge in [-0.2, -0.15) is 0 Å². The maximum atomic E-state index is 11.6. The van der Waals surface area contributed by atoms with Gasteiger partial charge in [-0.3, -0.25) is 4.79 Å². The highest BCUT2D eigenvalue weighted by Crippen LogP contribution is 2.37. The lowest BCUT2D eigenvalue weighted by Gasteiger charge is -2.32. The lowest BCUT2D eigenvalue weighted by atomic mass is 9.75. The zero-order valence-corrected chi connectivity index (χ0v) is 16.2. The molecule has 4 rings (SSSR count). The van der Waals surface area contributed by atoms with Crippen LogP contribution >= 0.6 is 0 Å². The number of hydrogen-bond acceptors (Lipinski definition) is 3. The van der Waals surface area contributed by atoms with Crippen molar-refractivity contribution in [2.45, 2.75) is 38.9 Å². The van der Waals surface area contributed by atoms with E-state index in [1.807, 2.05) is 58.0 Å². The van der Waals surface area contributed by atoms with Gasteiger partial charge in [-0.25, -0.2) is 0 Å². The molecule has 0 spiro atoms. The number of carbonyl (C=O) groups excluding carboxylic acids is 1. The van der Waals surface area contributed by atoms with Crippen LogP contribution in [0.3, 0.4) is 0 Å². The quantitative estimate of drug-likeness (QED) is 0.506. The minimum Gasteiger partial charge on any atom is -0.399 e. The van der Waals surface area contributed by atoms with Crippen molar-refractivity contribution in [3.8, 4) is 11.1 Å². The van der Waals surface area contributed by atoms with E-state index >= 15 is 0 Å². The Balaban J connectivity index is 1.78. The first-order chi connectivity index (χ1) is 12.8. The summed E-state index contributed by atoms with van der Waals surface area (Å²) in [7, 11) is -0.560. The largest absolute Gasteiger partial charge is 0.495 e. The minimum atomic E-state index is -0.560. The van der Waals surface area contributed by atoms with E-state index in [0.717, 1.165) is 22.9 Å². The summed E-state index contributed by atoms with van der Waals surface area (Å²) in [6.07, 6.45) is 0.866. The Morgan fingerprint density at radius 3 is 2.04 bits per heavy atom. The van der Waals surface area contributed by atoms with Gasteiger partial charge in [-0.1, -0.05) is 54.6 Å². The van der Waals surface area contributed by atoms with Crippen LogP contribution in [0.1, 0.15) is 38.1 Å². The molecule has 1 saturated heterocycles. The molecule has 0 aliphatic carbocycles. The van der Waals surface area contributed by atoms with Crippen LogP contribution in [-0.4, -0.2) is 24.6 Å². The third-order valence-corrected chi connectivity index (χ3v) is 5.80. The van der Waals surface area contributed by atoms with Crippen molar-refractivity contribution < 1.29 is 14.1 Å². The summed E-state index contributed by atoms with van der Waals surface area (Å²) in [6.45, 7) is 8.06. The van der Waals surface area contributed by atoms with Gasteiger partial charge in [0.1, 0.15) is 6.29 Å². The molecule has 0 radical (unpaired) electrons. The third-order valence-electron chi connectivity index (χ3n) is 5.80. The van der Waals surface area contributed by atoms with Crippen molar-refractivity contribution >= 4 is 29.6 Å². The molecule has 0 amide bonds. The van der Waals surface area contributed by atoms with E-state index < -0.39 is 18.3 Å². The van der Waals surface area contributed by atoms with Crippen LogP contribution in [-0.2, 0) is 9.31 Å². The van der Waals surface area contributed by atoms with Crippen LogP contribution in [0.4, 0.5) is 0 Å². The van der Waals surface area contributed by atoms with Crippen molar-refractivity contribution in [1.29, 1.82) is 0 Å². The molecule has 1 fully saturated rings. The van der Waals surface area contributed by atoms with Gasteiger partial charge in [-0.05, 0) is 61.1 Å². The smallest absolute Gasteiger partial charge is 0.399 e. The van der Waals surface area contributed by atoms with Crippen molar-refractivity contribution in [2.75, 3.05) is 0 Å². The molecule has 4 heteroatoms. The Morgan fingerprint density at radius 1 is 0.778 bits per heavy atom. The maximum Gasteiger partial charge on any atom is 0.495 e. The Morgan fingerprint density at radius 2 is 1.37 bits per heavy atom. The number of fused-ring (bicyclic) bond motifs is 1. The molecule has 1 aliphatic heterocycles. The number of rotatable bonds is 3. The van der Waals surface area contributed by atoms with Gasteiger partial charge < -0.3 is 9.31 Å². The van der Waals surface area contributed by atoms with Gasteiger partial charge in [0.05, 0.1) is 11.2 Å². The Hall–Kier alpha value is -2.43. The number of aldehydes is 1. The van der Waals surface area contributed by atoms with E-state index in [2.05, 4.69) is 30.3 Å². The second-order valence-electron chi connectivity index (χ2n) is 8.11. The van der Waals surface area contributed by atoms with Crippen molar-refractivity contribution in [3.05, 3.63) is 66.2 Å². The average Bonchev–Trinajstić information content (AvgIpc) is 2.88. The van der Waals surface area contributed by atoms with Gasteiger partial charge in [0.25, 0.3) is 0 Å². The summed E-state index contributed by atoms with van der Waals surface area (Å²) in [5.74, 6) is 0. The molecule has 3 aromatic carbocycles. The molecule has 1 aliphatic rings. The van der Waals surface area contributed by atoms with E-state index in [0.29, 0.717) is 5.56 Å². The summed E-state index contributed by atoms with van der Waals surface area (Å²) in [6, 6.07) is 20.5. The third kappa shape index (κ3) is 3.09. The monoisotopic (exact) mass is 358 g/mol. The fourth-order valence-electron chi connectivity index (χ4n) is 3.40. The van der Waals surface area contributed by atoms with Crippen LogP contribution < -0.4 is 5.46 Å². The Labute approximate surface area is 160 Å². The van der Waals surface area contributed by atoms with Crippen molar-refractivity contribution in [1.82, 2.24) is 0 Å². The number of hydrogen-bond donors (Lipinski definition) is 0. The molecule has 3 aromatic rings. The standard InChI is InChI=1S/C23H23BO3/c1-22(2)23(3,4)27-24(26-22)21-14-19(11-12-20(21)15-25)18-10-9-16-7-5-6-8-17(16)13-18/h5-15H,1-4H3. The molecular formula is C23H23BO3. The Kier molecular flexibility index (Phi) is 4.21. The highest BCUT2D eigenvalue weighted by atomic mass is 16.7. The maximum absolute atomic E-state index is 11.6. The van der Waals surface area contributed by atoms with Gasteiger partial charge in [-0.15, -0.1) is 0 Å². The molecular weight excluding hydrogens is 335 g/mol. The van der Waals surface area contributed by atoms with Crippen LogP contribution in [0.5, 0.6) is 0 Å². The van der Waals surface area contributed by atoms with Crippen LogP contribution in [0.15, 0.2) is 60.7 Å². The van der Waals surface area contributed by atoms with Gasteiger partial charge in [0, 0.05) is 5.56 Å². The zero-order chi connectivity index (χ0) is 19.2. The normalized spacial score (nSPS) is 18.0. The van der Waals surface area contributed by atoms with Crippen molar-refractivity contribution in [3.63, 3.8) is 0 Å². The summed E-state index contributed by atoms with van der Waals surface area (Å²) in [5, 5.41) is 2.39. The minimum absolute atomic E-state index is 0.448. The van der Waals surface area contributed by atoms with E-state index in [4.69, 9.17) is 9.31 Å². The fraction of sp³-hybridized carbons (Fsp3) is 0.261. The first-order valence-corrected chi connectivity index (χ1v) is 9.25. The van der Waals surface area contributed by atoms with Gasteiger partial charge in [0.2, 0.25) is 0 Å². The molecule has 3 nitrogen and oxygen atoms in total. The summed E-state index contributed by atoms with van der Waals surface area (Å²) in [5.41, 5.74) is 2.61. The zero-order valence-electron chi connectivity index (χ0n) is 16.2. The number of benzene rings is 3. The summed E-state index contributed by atoms with van der Waals surface area (Å²) in [4.78, 5) is 11.6. The second-order valence-corrected chi connectivity index (χ2v) is 8.11. The summed E-state index contributed by atoms with van der Waals surface area (Å²) < 4.78 is 12.3. The molecule has 0 N–H and O–H groups in total. The fourth-order valence-corrected chi connectivity index (χ4v) is 3.40. The van der Waals surface area contributed by atoms with E-state index in [1.165, 1.54) is 10.8 Å². The number of carbonyl (C=O) groups is 1. The van der Waals surface area contributed by atoms with E-state index in [1.54, 1.807) is 0 Å². The summed E-state index contributed by atoms with van der Waals surface area (Å²) >= 11 is 0. The van der Waals surface area contributed by atoms with E-state index in [-0.39, 0.29) is 0 Å². The molecule has 0 saturated carbocycles. The molecule has 0 aromatic heterocycles. The predicted molar refractivity (Wildman–Crippen MR) is 110 cm³/mol. The Bertz CT molecular complexity index is 1010. The average molecular weight is 358 g/mol. The molecule has 0 bridgehead atoms. The second kappa shape index (κ2) is 6.33. The highest BCUT2D eigenvalue weighted by Gasteiger charge is 2.52. The lowest BCUT2D eigenvalue weighted by Crippen LogP contribution is -2.41. The molecule has 0 atom stereocenters. The van der Waals surface area contributed by atoms with Gasteiger partial charge >= 0.3 is 7.12 Å². The molecule has 1 heterocycles. The van der Waals surface area contributed by atoms with Gasteiger partial charge in [0.15, 0.2) is 0 Å². The van der Waals surface area contributed by atoms with Crippen LogP contribution in [0, 0.1) is 0 Å². The van der Waals surface area contributed by atoms with Crippen LogP contribution in [0.25, 0.3) is 21.9 Å². The highest BCUT2D eigenvalue weighted by molar-refractivity contribution is 6.63. The molecule has 27 heavy (non-hydrogen) atoms. The predicted octanol–water partition coefficient (Wildman–Crippen LogP) is 4.62.